The Kier molecular flexibility index (Phi) is 3.29. The number of halogens is 1. The van der Waals surface area contributed by atoms with Crippen LogP contribution >= 0.6 is 11.6 Å². The minimum absolute atomic E-state index is 0.0420. The number of nitrogens with two attached hydrogens (primary N) is 2. The minimum atomic E-state index is -0.621. The predicted octanol–water partition coefficient (Wildman–Crippen LogP) is 0.321. The van der Waals surface area contributed by atoms with Crippen LogP contribution in [0.3, 0.4) is 0 Å². The number of nitrogen functional groups attached to an aromatic ring is 1. The van der Waals surface area contributed by atoms with Crippen molar-refractivity contribution in [2.75, 3.05) is 17.6 Å². The molecule has 18 heavy (non-hydrogen) atoms. The lowest BCUT2D eigenvalue weighted by molar-refractivity contribution is -0.119. The van der Waals surface area contributed by atoms with E-state index in [1.807, 2.05) is 0 Å². The smallest absolute Gasteiger partial charge is 0.250 e. The summed E-state index contributed by atoms with van der Waals surface area (Å²) in [5.74, 6) is -0.663. The molecule has 0 bridgehead atoms. The highest BCUT2D eigenvalue weighted by molar-refractivity contribution is 6.34. The standard InChI is InChI=1S/C11H13ClN4O2/c12-8-2-5(13)1-7(11(14)18)10(8)16-6-3-9(17)15-4-6/h1-2,6,16H,3-4,13H2,(H2,14,18)(H,15,17). The molecule has 1 fully saturated rings. The average Bonchev–Trinajstić information content (AvgIpc) is 2.67. The van der Waals surface area contributed by atoms with E-state index in [9.17, 15) is 9.59 Å². The van der Waals surface area contributed by atoms with Gasteiger partial charge in [-0.2, -0.15) is 0 Å². The third-order valence-corrected chi connectivity index (χ3v) is 3.00. The van der Waals surface area contributed by atoms with Gasteiger partial charge in [0.25, 0.3) is 5.91 Å². The Bertz CT molecular complexity index is 518. The number of benzene rings is 1. The van der Waals surface area contributed by atoms with Gasteiger partial charge in [0.05, 0.1) is 22.3 Å². The maximum atomic E-state index is 11.3. The van der Waals surface area contributed by atoms with E-state index in [1.54, 1.807) is 0 Å². The average molecular weight is 269 g/mol. The van der Waals surface area contributed by atoms with Crippen molar-refractivity contribution in [1.29, 1.82) is 0 Å². The summed E-state index contributed by atoms with van der Waals surface area (Å²) in [7, 11) is 0. The molecular formula is C11H13ClN4O2. The second kappa shape index (κ2) is 4.73. The van der Waals surface area contributed by atoms with Crippen LogP contribution in [0, 0.1) is 0 Å². The SMILES string of the molecule is NC(=O)c1cc(N)cc(Cl)c1NC1CNC(=O)C1. The van der Waals surface area contributed by atoms with E-state index in [-0.39, 0.29) is 17.5 Å². The monoisotopic (exact) mass is 268 g/mol. The number of hydrogen-bond donors (Lipinski definition) is 4. The molecule has 2 amide bonds. The van der Waals surface area contributed by atoms with Crippen LogP contribution in [0.1, 0.15) is 16.8 Å². The normalized spacial score (nSPS) is 18.5. The van der Waals surface area contributed by atoms with Crippen molar-refractivity contribution in [2.45, 2.75) is 12.5 Å². The van der Waals surface area contributed by atoms with Gasteiger partial charge in [-0.1, -0.05) is 11.6 Å². The first kappa shape index (κ1) is 12.5. The van der Waals surface area contributed by atoms with Crippen molar-refractivity contribution in [3.05, 3.63) is 22.7 Å². The fourth-order valence-electron chi connectivity index (χ4n) is 1.88. The van der Waals surface area contributed by atoms with Crippen LogP contribution in [0.4, 0.5) is 11.4 Å². The van der Waals surface area contributed by atoms with E-state index in [0.29, 0.717) is 29.4 Å². The largest absolute Gasteiger partial charge is 0.399 e. The highest BCUT2D eigenvalue weighted by atomic mass is 35.5. The van der Waals surface area contributed by atoms with E-state index in [0.717, 1.165) is 0 Å². The Balaban J connectivity index is 2.31. The Morgan fingerprint density at radius 1 is 1.50 bits per heavy atom. The molecular weight excluding hydrogens is 256 g/mol. The number of amides is 2. The molecule has 7 heteroatoms. The van der Waals surface area contributed by atoms with E-state index in [2.05, 4.69) is 10.6 Å². The van der Waals surface area contributed by atoms with Gasteiger partial charge >= 0.3 is 0 Å². The first-order valence-electron chi connectivity index (χ1n) is 5.39. The van der Waals surface area contributed by atoms with Crippen LogP contribution in [0.5, 0.6) is 0 Å². The predicted molar refractivity (Wildman–Crippen MR) is 69.4 cm³/mol. The highest BCUT2D eigenvalue weighted by Crippen LogP contribution is 2.30. The van der Waals surface area contributed by atoms with Gasteiger partial charge in [0, 0.05) is 18.7 Å². The number of nitrogens with one attached hydrogen (secondary N) is 2. The van der Waals surface area contributed by atoms with E-state index < -0.39 is 5.91 Å². The lowest BCUT2D eigenvalue weighted by Gasteiger charge is -2.16. The van der Waals surface area contributed by atoms with Crippen LogP contribution in [-0.2, 0) is 4.79 Å². The van der Waals surface area contributed by atoms with E-state index in [1.165, 1.54) is 12.1 Å². The van der Waals surface area contributed by atoms with Crippen molar-refractivity contribution in [1.82, 2.24) is 5.32 Å². The molecule has 1 aromatic rings. The number of hydrogen-bond acceptors (Lipinski definition) is 4. The van der Waals surface area contributed by atoms with Crippen molar-refractivity contribution >= 4 is 34.8 Å². The summed E-state index contributed by atoms with van der Waals surface area (Å²) >= 11 is 6.04. The molecule has 2 rings (SSSR count). The zero-order valence-corrected chi connectivity index (χ0v) is 10.3. The molecule has 0 aliphatic carbocycles. The summed E-state index contributed by atoms with van der Waals surface area (Å²) in [6.07, 6.45) is 0.332. The Hall–Kier alpha value is -1.95. The zero-order chi connectivity index (χ0) is 13.3. The molecule has 0 radical (unpaired) electrons. The van der Waals surface area contributed by atoms with Crippen molar-refractivity contribution in [3.8, 4) is 0 Å². The topological polar surface area (TPSA) is 110 Å². The van der Waals surface area contributed by atoms with Crippen LogP contribution < -0.4 is 22.1 Å². The lowest BCUT2D eigenvalue weighted by Crippen LogP contribution is -2.25. The summed E-state index contributed by atoms with van der Waals surface area (Å²) < 4.78 is 0. The molecule has 0 aromatic heterocycles. The second-order valence-corrected chi connectivity index (χ2v) is 4.55. The Labute approximate surface area is 109 Å². The van der Waals surface area contributed by atoms with Crippen LogP contribution in [0.15, 0.2) is 12.1 Å². The summed E-state index contributed by atoms with van der Waals surface area (Å²) in [6.45, 7) is 0.484. The fraction of sp³-hybridized carbons (Fsp3) is 0.273. The summed E-state index contributed by atoms with van der Waals surface area (Å²) in [4.78, 5) is 22.5. The molecule has 0 saturated carbocycles. The van der Waals surface area contributed by atoms with Crippen molar-refractivity contribution in [3.63, 3.8) is 0 Å². The third kappa shape index (κ3) is 2.48. The molecule has 6 nitrogen and oxygen atoms in total. The van der Waals surface area contributed by atoms with Crippen molar-refractivity contribution in [2.24, 2.45) is 5.73 Å². The van der Waals surface area contributed by atoms with Gasteiger partial charge in [-0.05, 0) is 12.1 Å². The third-order valence-electron chi connectivity index (χ3n) is 2.70. The van der Waals surface area contributed by atoms with E-state index >= 15 is 0 Å². The number of primary amides is 1. The molecule has 1 aliphatic heterocycles. The van der Waals surface area contributed by atoms with Gasteiger partial charge in [-0.15, -0.1) is 0 Å². The molecule has 1 aromatic carbocycles. The van der Waals surface area contributed by atoms with Gasteiger partial charge in [0.2, 0.25) is 5.91 Å². The zero-order valence-electron chi connectivity index (χ0n) is 9.50. The molecule has 1 heterocycles. The second-order valence-electron chi connectivity index (χ2n) is 4.14. The van der Waals surface area contributed by atoms with Gasteiger partial charge in [-0.3, -0.25) is 9.59 Å². The number of carbonyl (C=O) groups is 2. The number of anilines is 2. The highest BCUT2D eigenvalue weighted by Gasteiger charge is 2.23. The molecule has 96 valence electrons. The first-order chi connectivity index (χ1) is 8.47. The maximum absolute atomic E-state index is 11.3. The lowest BCUT2D eigenvalue weighted by atomic mass is 10.1. The molecule has 1 atom stereocenters. The van der Waals surface area contributed by atoms with Crippen molar-refractivity contribution < 1.29 is 9.59 Å². The summed E-state index contributed by atoms with van der Waals surface area (Å²) in [5, 5.41) is 6.04. The Morgan fingerprint density at radius 3 is 2.78 bits per heavy atom. The molecule has 1 saturated heterocycles. The molecule has 0 spiro atoms. The fourth-order valence-corrected chi connectivity index (χ4v) is 2.16. The van der Waals surface area contributed by atoms with Crippen LogP contribution in [-0.4, -0.2) is 24.4 Å². The first-order valence-corrected chi connectivity index (χ1v) is 5.77. The maximum Gasteiger partial charge on any atom is 0.250 e. The molecule has 1 aliphatic rings. The quantitative estimate of drug-likeness (QED) is 0.592. The minimum Gasteiger partial charge on any atom is -0.399 e. The van der Waals surface area contributed by atoms with Gasteiger partial charge in [0.15, 0.2) is 0 Å². The molecule has 6 N–H and O–H groups in total. The summed E-state index contributed by atoms with van der Waals surface area (Å²) in [5.41, 5.74) is 11.9. The Morgan fingerprint density at radius 2 is 2.22 bits per heavy atom. The van der Waals surface area contributed by atoms with Gasteiger partial charge in [-0.25, -0.2) is 0 Å². The summed E-state index contributed by atoms with van der Waals surface area (Å²) in [6, 6.07) is 2.87. The number of rotatable bonds is 3. The van der Waals surface area contributed by atoms with Crippen LogP contribution in [0.25, 0.3) is 0 Å². The van der Waals surface area contributed by atoms with Gasteiger partial charge < -0.3 is 22.1 Å². The van der Waals surface area contributed by atoms with Gasteiger partial charge in [0.1, 0.15) is 0 Å². The molecule has 1 unspecified atom stereocenters. The van der Waals surface area contributed by atoms with E-state index in [4.69, 9.17) is 23.1 Å². The number of carbonyl (C=O) groups excluding carboxylic acids is 2. The van der Waals surface area contributed by atoms with Crippen LogP contribution in [0.2, 0.25) is 5.02 Å².